The van der Waals surface area contributed by atoms with Gasteiger partial charge in [-0.1, -0.05) is 25.3 Å². The molecule has 0 saturated carbocycles. The summed E-state index contributed by atoms with van der Waals surface area (Å²) in [6.45, 7) is 3.55. The van der Waals surface area contributed by atoms with Crippen LogP contribution in [0.2, 0.25) is 0 Å². The van der Waals surface area contributed by atoms with Crippen molar-refractivity contribution in [3.05, 3.63) is 12.7 Å². The zero-order chi connectivity index (χ0) is 11.0. The third-order valence-electron chi connectivity index (χ3n) is 2.01. The van der Waals surface area contributed by atoms with Crippen LogP contribution in [-0.4, -0.2) is 17.4 Å². The van der Waals surface area contributed by atoms with Gasteiger partial charge in [0.15, 0.2) is 0 Å². The lowest BCUT2D eigenvalue weighted by molar-refractivity contribution is -0.205. The molecule has 14 heavy (non-hydrogen) atoms. The smallest absolute Gasteiger partial charge is 0.384 e. The van der Waals surface area contributed by atoms with Gasteiger partial charge in [0.05, 0.1) is 0 Å². The van der Waals surface area contributed by atoms with Crippen molar-refractivity contribution in [1.29, 1.82) is 0 Å². The van der Waals surface area contributed by atoms with E-state index < -0.39 is 12.3 Å². The van der Waals surface area contributed by atoms with Crippen molar-refractivity contribution in [1.82, 2.24) is 0 Å². The van der Waals surface area contributed by atoms with E-state index >= 15 is 0 Å². The fourth-order valence-corrected chi connectivity index (χ4v) is 1.14. The predicted molar refractivity (Wildman–Crippen MR) is 50.0 cm³/mol. The molecule has 0 aliphatic carbocycles. The Morgan fingerprint density at radius 1 is 1.14 bits per heavy atom. The van der Waals surface area contributed by atoms with E-state index in [9.17, 15) is 13.2 Å². The van der Waals surface area contributed by atoms with Crippen LogP contribution in [0.1, 0.15) is 38.5 Å². The minimum Gasteiger partial charge on any atom is -0.384 e. The normalized spacial score (nSPS) is 14.0. The first-order valence-corrected chi connectivity index (χ1v) is 4.84. The van der Waals surface area contributed by atoms with Crippen LogP contribution in [0.4, 0.5) is 13.2 Å². The van der Waals surface area contributed by atoms with Crippen molar-refractivity contribution in [2.75, 3.05) is 0 Å². The summed E-state index contributed by atoms with van der Waals surface area (Å²) in [5.74, 6) is 0. The monoisotopic (exact) mass is 210 g/mol. The average Bonchev–Trinajstić information content (AvgIpc) is 2.09. The molecule has 1 unspecified atom stereocenters. The van der Waals surface area contributed by atoms with Crippen molar-refractivity contribution in [3.63, 3.8) is 0 Å². The minimum absolute atomic E-state index is 0.183. The molecule has 1 N–H and O–H groups in total. The Morgan fingerprint density at radius 2 is 1.71 bits per heavy atom. The van der Waals surface area contributed by atoms with Crippen LogP contribution in [0.5, 0.6) is 0 Å². The first kappa shape index (κ1) is 13.5. The number of allylic oxidation sites excluding steroid dienone is 1. The van der Waals surface area contributed by atoms with E-state index in [1.54, 1.807) is 6.08 Å². The van der Waals surface area contributed by atoms with Crippen LogP contribution < -0.4 is 0 Å². The molecule has 0 aliphatic rings. The molecule has 1 nitrogen and oxygen atoms in total. The van der Waals surface area contributed by atoms with Gasteiger partial charge in [-0.15, -0.1) is 6.58 Å². The van der Waals surface area contributed by atoms with E-state index in [1.165, 1.54) is 0 Å². The van der Waals surface area contributed by atoms with Gasteiger partial charge < -0.3 is 5.11 Å². The van der Waals surface area contributed by atoms with E-state index in [4.69, 9.17) is 5.11 Å². The lowest BCUT2D eigenvalue weighted by Gasteiger charge is -2.13. The van der Waals surface area contributed by atoms with Crippen LogP contribution >= 0.6 is 0 Å². The molecule has 0 amide bonds. The SMILES string of the molecule is C=CCCCCCCC(O)C(F)(F)F. The summed E-state index contributed by atoms with van der Waals surface area (Å²) in [7, 11) is 0. The van der Waals surface area contributed by atoms with E-state index in [1.807, 2.05) is 0 Å². The molecule has 4 heteroatoms. The second-order valence-corrected chi connectivity index (χ2v) is 3.34. The number of aliphatic hydroxyl groups excluding tert-OH is 1. The number of hydrogen-bond donors (Lipinski definition) is 1. The van der Waals surface area contributed by atoms with Gasteiger partial charge >= 0.3 is 6.18 Å². The van der Waals surface area contributed by atoms with Crippen LogP contribution in [0.3, 0.4) is 0 Å². The lowest BCUT2D eigenvalue weighted by atomic mass is 10.1. The Kier molecular flexibility index (Phi) is 6.62. The molecule has 0 radical (unpaired) electrons. The fourth-order valence-electron chi connectivity index (χ4n) is 1.14. The summed E-state index contributed by atoms with van der Waals surface area (Å²) >= 11 is 0. The Hall–Kier alpha value is -0.510. The minimum atomic E-state index is -4.46. The third kappa shape index (κ3) is 6.95. The highest BCUT2D eigenvalue weighted by atomic mass is 19.4. The summed E-state index contributed by atoms with van der Waals surface area (Å²) in [5, 5.41) is 8.65. The zero-order valence-corrected chi connectivity index (χ0v) is 8.19. The standard InChI is InChI=1S/C10H17F3O/c1-2-3-4-5-6-7-8-9(14)10(11,12)13/h2,9,14H,1,3-8H2. The number of hydrogen-bond acceptors (Lipinski definition) is 1. The second-order valence-electron chi connectivity index (χ2n) is 3.34. The number of alkyl halides is 3. The van der Waals surface area contributed by atoms with Gasteiger partial charge in [-0.25, -0.2) is 0 Å². The molecule has 0 fully saturated rings. The quantitative estimate of drug-likeness (QED) is 0.504. The van der Waals surface area contributed by atoms with Gasteiger partial charge in [-0.05, 0) is 19.3 Å². The maximum absolute atomic E-state index is 11.8. The zero-order valence-electron chi connectivity index (χ0n) is 8.19. The highest BCUT2D eigenvalue weighted by Gasteiger charge is 2.37. The second kappa shape index (κ2) is 6.87. The van der Waals surface area contributed by atoms with Gasteiger partial charge in [-0.3, -0.25) is 0 Å². The first-order chi connectivity index (χ1) is 6.48. The molecule has 0 heterocycles. The Labute approximate surface area is 82.6 Å². The molecule has 0 rings (SSSR count). The van der Waals surface area contributed by atoms with Crippen LogP contribution in [0, 0.1) is 0 Å². The molecule has 0 aromatic rings. The van der Waals surface area contributed by atoms with Gasteiger partial charge in [0.25, 0.3) is 0 Å². The van der Waals surface area contributed by atoms with Gasteiger partial charge in [0.2, 0.25) is 0 Å². The number of halogens is 3. The molecule has 0 aliphatic heterocycles. The third-order valence-corrected chi connectivity index (χ3v) is 2.01. The number of aliphatic hydroxyl groups is 1. The van der Waals surface area contributed by atoms with Crippen molar-refractivity contribution in [2.45, 2.75) is 50.8 Å². The molecular formula is C10H17F3O. The summed E-state index contributed by atoms with van der Waals surface area (Å²) < 4.78 is 35.4. The van der Waals surface area contributed by atoms with Crippen molar-refractivity contribution >= 4 is 0 Å². The van der Waals surface area contributed by atoms with E-state index in [-0.39, 0.29) is 6.42 Å². The fraction of sp³-hybridized carbons (Fsp3) is 0.800. The maximum Gasteiger partial charge on any atom is 0.414 e. The molecular weight excluding hydrogens is 193 g/mol. The number of unbranched alkanes of at least 4 members (excludes halogenated alkanes) is 4. The molecule has 0 aromatic heterocycles. The van der Waals surface area contributed by atoms with E-state index in [0.717, 1.165) is 25.7 Å². The Balaban J connectivity index is 3.32. The van der Waals surface area contributed by atoms with Crippen molar-refractivity contribution < 1.29 is 18.3 Å². The Bertz CT molecular complexity index is 154. The summed E-state index contributed by atoms with van der Waals surface area (Å²) in [6.07, 6.45) is -1.06. The van der Waals surface area contributed by atoms with Crippen LogP contribution in [0.15, 0.2) is 12.7 Å². The molecule has 0 saturated heterocycles. The molecule has 0 aromatic carbocycles. The van der Waals surface area contributed by atoms with Gasteiger partial charge in [0.1, 0.15) is 6.10 Å². The highest BCUT2D eigenvalue weighted by molar-refractivity contribution is 4.67. The summed E-state index contributed by atoms with van der Waals surface area (Å²) in [6, 6.07) is 0. The Morgan fingerprint density at radius 3 is 2.21 bits per heavy atom. The predicted octanol–water partition coefficient (Wildman–Crippen LogP) is 3.44. The maximum atomic E-state index is 11.8. The van der Waals surface area contributed by atoms with Crippen molar-refractivity contribution in [3.8, 4) is 0 Å². The largest absolute Gasteiger partial charge is 0.414 e. The van der Waals surface area contributed by atoms with Crippen molar-refractivity contribution in [2.24, 2.45) is 0 Å². The molecule has 1 atom stereocenters. The number of rotatable bonds is 7. The van der Waals surface area contributed by atoms with Gasteiger partial charge in [-0.2, -0.15) is 13.2 Å². The molecule has 0 bridgehead atoms. The summed E-state index contributed by atoms with van der Waals surface area (Å²) in [4.78, 5) is 0. The average molecular weight is 210 g/mol. The van der Waals surface area contributed by atoms with Gasteiger partial charge in [0, 0.05) is 0 Å². The van der Waals surface area contributed by atoms with Crippen LogP contribution in [0.25, 0.3) is 0 Å². The summed E-state index contributed by atoms with van der Waals surface area (Å²) in [5.41, 5.74) is 0. The van der Waals surface area contributed by atoms with E-state index in [0.29, 0.717) is 6.42 Å². The van der Waals surface area contributed by atoms with Crippen LogP contribution in [-0.2, 0) is 0 Å². The highest BCUT2D eigenvalue weighted by Crippen LogP contribution is 2.23. The molecule has 84 valence electrons. The lowest BCUT2D eigenvalue weighted by Crippen LogP contribution is -2.28. The van der Waals surface area contributed by atoms with E-state index in [2.05, 4.69) is 6.58 Å². The first-order valence-electron chi connectivity index (χ1n) is 4.84. The molecule has 0 spiro atoms. The topological polar surface area (TPSA) is 20.2 Å².